The van der Waals surface area contributed by atoms with E-state index in [0.29, 0.717) is 30.6 Å². The first-order valence-electron chi connectivity index (χ1n) is 20.2. The van der Waals surface area contributed by atoms with Gasteiger partial charge in [-0.1, -0.05) is 47.5 Å². The van der Waals surface area contributed by atoms with E-state index in [1.807, 2.05) is 0 Å². The summed E-state index contributed by atoms with van der Waals surface area (Å²) in [5.41, 5.74) is -0.700. The standard InChI is InChI=1S/C27H17ClF4N2O3S2.C21H14ClF3N2O3S2/c1-39(35,36)20-4-2-3-16(13-20)24-11-12-25(38-24)22-15-26(27(30,31)32)33-34(22)21-14-17(28)5-10-23(21)37-19-8-6-18(29)7-9-19;1-32(29,30)14-4-2-3-12(9-14)18-7-8-19(31-18)16-11-20(21(23,24)25)26-27(16)15-10-13(22)5-6-17(15)28/h2-15H,1H3;2-11,28H,1H3. The number of aromatic hydroxyl groups is 1. The predicted molar refractivity (Wildman–Crippen MR) is 259 cm³/mol. The summed E-state index contributed by atoms with van der Waals surface area (Å²) in [6, 6.07) is 34.6. The molecule has 366 valence electrons. The molecule has 0 fully saturated rings. The number of rotatable bonds is 10. The van der Waals surface area contributed by atoms with E-state index in [4.69, 9.17) is 27.9 Å². The number of phenols is 1. The molecule has 4 heterocycles. The maximum Gasteiger partial charge on any atom is 0.435 e. The minimum Gasteiger partial charge on any atom is -0.506 e. The Morgan fingerprint density at radius 3 is 1.45 bits per heavy atom. The summed E-state index contributed by atoms with van der Waals surface area (Å²) in [4.78, 5) is 2.43. The molecule has 1 N–H and O–H groups in total. The van der Waals surface area contributed by atoms with E-state index in [1.54, 1.807) is 48.5 Å². The van der Waals surface area contributed by atoms with Gasteiger partial charge in [0.05, 0.1) is 30.9 Å². The van der Waals surface area contributed by atoms with Gasteiger partial charge in [-0.05, 0) is 132 Å². The number of sulfone groups is 2. The Kier molecular flexibility index (Phi) is 14.1. The first-order chi connectivity index (χ1) is 33.3. The minimum absolute atomic E-state index is 0.00276. The van der Waals surface area contributed by atoms with Crippen LogP contribution in [0.3, 0.4) is 0 Å². The number of alkyl halides is 6. The second-order valence-electron chi connectivity index (χ2n) is 15.4. The van der Waals surface area contributed by atoms with Gasteiger partial charge in [0.2, 0.25) is 0 Å². The number of nitrogens with zero attached hydrogens (tertiary/aromatic N) is 4. The lowest BCUT2D eigenvalue weighted by atomic mass is 10.2. The van der Waals surface area contributed by atoms with Crippen LogP contribution in [0.15, 0.2) is 155 Å². The summed E-state index contributed by atoms with van der Waals surface area (Å²) in [6.45, 7) is 0. The van der Waals surface area contributed by atoms with Gasteiger partial charge in [-0.2, -0.15) is 36.5 Å². The zero-order chi connectivity index (χ0) is 51.2. The number of aromatic nitrogens is 4. The Morgan fingerprint density at radius 2 is 0.986 bits per heavy atom. The Morgan fingerprint density at radius 1 is 0.549 bits per heavy atom. The molecule has 0 bridgehead atoms. The van der Waals surface area contributed by atoms with Crippen LogP contribution in [0.25, 0.3) is 53.4 Å². The average Bonchev–Trinajstić information content (AvgIpc) is 4.14. The molecule has 0 radical (unpaired) electrons. The molecule has 4 aromatic heterocycles. The Labute approximate surface area is 418 Å². The summed E-state index contributed by atoms with van der Waals surface area (Å²) in [5, 5.41) is 18.2. The van der Waals surface area contributed by atoms with Crippen molar-refractivity contribution in [3.8, 4) is 70.6 Å². The molecule has 0 aliphatic rings. The van der Waals surface area contributed by atoms with Crippen LogP contribution in [0.5, 0.6) is 17.2 Å². The minimum atomic E-state index is -4.74. The van der Waals surface area contributed by atoms with Gasteiger partial charge < -0.3 is 9.84 Å². The molecular formula is C48H31Cl2F7N4O6S4. The highest BCUT2D eigenvalue weighted by atomic mass is 35.5. The van der Waals surface area contributed by atoms with E-state index < -0.39 is 49.2 Å². The molecule has 9 rings (SSSR count). The van der Waals surface area contributed by atoms with E-state index in [0.717, 1.165) is 45.3 Å². The van der Waals surface area contributed by atoms with Crippen molar-refractivity contribution in [3.05, 3.63) is 173 Å². The molecule has 23 heteroatoms. The van der Waals surface area contributed by atoms with Crippen molar-refractivity contribution >= 4 is 65.5 Å². The molecule has 0 unspecified atom stereocenters. The van der Waals surface area contributed by atoms with E-state index in [9.17, 15) is 52.7 Å². The molecule has 0 aliphatic heterocycles. The molecule has 0 atom stereocenters. The van der Waals surface area contributed by atoms with Crippen molar-refractivity contribution in [1.29, 1.82) is 0 Å². The molecule has 0 spiro atoms. The second kappa shape index (κ2) is 19.6. The van der Waals surface area contributed by atoms with Crippen molar-refractivity contribution in [2.75, 3.05) is 12.5 Å². The highest BCUT2D eigenvalue weighted by molar-refractivity contribution is 7.91. The normalized spacial score (nSPS) is 12.2. The van der Waals surface area contributed by atoms with Crippen LogP contribution in [0.4, 0.5) is 30.7 Å². The lowest BCUT2D eigenvalue weighted by Crippen LogP contribution is -2.08. The number of thiophene rings is 2. The molecule has 0 saturated heterocycles. The average molecular weight is 1090 g/mol. The Bertz CT molecular complexity index is 3680. The topological polar surface area (TPSA) is 133 Å². The van der Waals surface area contributed by atoms with Gasteiger partial charge >= 0.3 is 12.4 Å². The molecule has 10 nitrogen and oxygen atoms in total. The smallest absolute Gasteiger partial charge is 0.435 e. The molecule has 0 saturated carbocycles. The van der Waals surface area contributed by atoms with Crippen molar-refractivity contribution in [2.24, 2.45) is 0 Å². The quantitative estimate of drug-likeness (QED) is 0.134. The van der Waals surface area contributed by atoms with Crippen LogP contribution in [-0.2, 0) is 32.0 Å². The van der Waals surface area contributed by atoms with Crippen LogP contribution in [0, 0.1) is 5.82 Å². The summed E-state index contributed by atoms with van der Waals surface area (Å²) < 4.78 is 151. The van der Waals surface area contributed by atoms with Crippen molar-refractivity contribution in [3.63, 3.8) is 0 Å². The third kappa shape index (κ3) is 11.7. The fraction of sp³-hybridized carbons (Fsp3) is 0.0833. The van der Waals surface area contributed by atoms with Crippen molar-refractivity contribution in [1.82, 2.24) is 19.6 Å². The summed E-state index contributed by atoms with van der Waals surface area (Å²) in [7, 11) is -6.87. The molecule has 71 heavy (non-hydrogen) atoms. The van der Waals surface area contributed by atoms with Gasteiger partial charge in [-0.3, -0.25) is 0 Å². The Balaban J connectivity index is 0.000000194. The molecular weight excluding hydrogens is 1060 g/mol. The number of hydrogen-bond donors (Lipinski definition) is 1. The SMILES string of the molecule is CS(=O)(=O)c1cccc(-c2ccc(-c3cc(C(F)(F)F)nn3-c3cc(Cl)ccc3O)s2)c1.CS(=O)(=O)c1cccc(-c2ccc(-c3cc(C(F)(F)F)nn3-c3cc(Cl)ccc3Oc3ccc(F)cc3)s2)c1. The van der Waals surface area contributed by atoms with Gasteiger partial charge in [0, 0.05) is 32.3 Å². The largest absolute Gasteiger partial charge is 0.506 e. The van der Waals surface area contributed by atoms with E-state index in [1.165, 1.54) is 96.3 Å². The van der Waals surface area contributed by atoms with Gasteiger partial charge in [-0.15, -0.1) is 22.7 Å². The highest BCUT2D eigenvalue weighted by Gasteiger charge is 2.37. The van der Waals surface area contributed by atoms with Crippen LogP contribution < -0.4 is 4.74 Å². The first-order valence-corrected chi connectivity index (χ1v) is 26.4. The zero-order valence-corrected chi connectivity index (χ0v) is 40.9. The van der Waals surface area contributed by atoms with E-state index in [-0.39, 0.29) is 59.8 Å². The fourth-order valence-electron chi connectivity index (χ4n) is 6.82. The van der Waals surface area contributed by atoms with Crippen LogP contribution in [0.1, 0.15) is 11.4 Å². The summed E-state index contributed by atoms with van der Waals surface area (Å²) in [6.07, 6.45) is -7.24. The molecule has 0 aliphatic carbocycles. The van der Waals surface area contributed by atoms with Gasteiger partial charge in [-0.25, -0.2) is 30.6 Å². The second-order valence-corrected chi connectivity index (χ2v) is 22.4. The van der Waals surface area contributed by atoms with Crippen molar-refractivity contribution in [2.45, 2.75) is 22.1 Å². The number of ether oxygens (including phenoxy) is 1. The lowest BCUT2D eigenvalue weighted by molar-refractivity contribution is -0.142. The first kappa shape index (κ1) is 50.9. The number of phenolic OH excluding ortho intramolecular Hbond substituents is 1. The highest BCUT2D eigenvalue weighted by Crippen LogP contribution is 2.43. The van der Waals surface area contributed by atoms with E-state index >= 15 is 0 Å². The maximum absolute atomic E-state index is 13.8. The third-order valence-electron chi connectivity index (χ3n) is 10.2. The Hall–Kier alpha value is -6.49. The van der Waals surface area contributed by atoms with Crippen LogP contribution in [-0.4, -0.2) is 54.0 Å². The van der Waals surface area contributed by atoms with E-state index in [2.05, 4.69) is 10.2 Å². The zero-order valence-electron chi connectivity index (χ0n) is 36.2. The molecule has 0 amide bonds. The van der Waals surface area contributed by atoms with Gasteiger partial charge in [0.25, 0.3) is 0 Å². The number of halogens is 9. The van der Waals surface area contributed by atoms with Gasteiger partial charge in [0.15, 0.2) is 36.8 Å². The number of hydrogen-bond acceptors (Lipinski definition) is 10. The monoisotopic (exact) mass is 1090 g/mol. The summed E-state index contributed by atoms with van der Waals surface area (Å²) in [5.74, 6) is -0.362. The summed E-state index contributed by atoms with van der Waals surface area (Å²) >= 11 is 14.5. The lowest BCUT2D eigenvalue weighted by Gasteiger charge is -2.14. The fourth-order valence-corrected chi connectivity index (χ4v) is 10.5. The van der Waals surface area contributed by atoms with Crippen molar-refractivity contribution < 1.29 is 57.4 Å². The molecule has 5 aromatic carbocycles. The third-order valence-corrected chi connectivity index (χ3v) is 15.2. The van der Waals surface area contributed by atoms with Crippen LogP contribution in [0.2, 0.25) is 10.0 Å². The van der Waals surface area contributed by atoms with Crippen LogP contribution >= 0.6 is 45.9 Å². The molecule has 9 aromatic rings. The number of benzene rings is 5. The maximum atomic E-state index is 13.8. The predicted octanol–water partition coefficient (Wildman–Crippen LogP) is 14.3. The van der Waals surface area contributed by atoms with Gasteiger partial charge in [0.1, 0.15) is 28.7 Å².